The van der Waals surface area contributed by atoms with Gasteiger partial charge in [-0.05, 0) is 19.6 Å². The van der Waals surface area contributed by atoms with Crippen LogP contribution in [0.1, 0.15) is 19.8 Å². The second-order valence-electron chi connectivity index (χ2n) is 2.77. The normalized spacial score (nSPS) is 17.8. The Hall–Kier alpha value is -0.710. The van der Waals surface area contributed by atoms with Gasteiger partial charge in [0.1, 0.15) is 6.04 Å². The van der Waals surface area contributed by atoms with Gasteiger partial charge in [0.15, 0.2) is 0 Å². The molecule has 1 aliphatic heterocycles. The Balaban J connectivity index is 0.000000671. The number of carbonyl (C=O) groups is 2. The molecule has 76 valence electrons. The molecule has 1 aliphatic rings. The third-order valence-corrected chi connectivity index (χ3v) is 1.99. The maximum atomic E-state index is 11.0. The van der Waals surface area contributed by atoms with Crippen LogP contribution in [0.25, 0.3) is 0 Å². The molecule has 0 saturated carbocycles. The van der Waals surface area contributed by atoms with Gasteiger partial charge in [0, 0.05) is 13.0 Å². The molecule has 0 aliphatic carbocycles. The maximum Gasteiger partial charge on any atom is 0.239 e. The van der Waals surface area contributed by atoms with Crippen molar-refractivity contribution in [2.24, 2.45) is 5.73 Å². The van der Waals surface area contributed by atoms with E-state index in [1.54, 1.807) is 13.2 Å². The molecule has 0 spiro atoms. The van der Waals surface area contributed by atoms with E-state index >= 15 is 0 Å². The van der Waals surface area contributed by atoms with E-state index in [1.165, 1.54) is 4.90 Å². The molecule has 1 heterocycles. The summed E-state index contributed by atoms with van der Waals surface area (Å²) in [7, 11) is 0. The van der Waals surface area contributed by atoms with Crippen molar-refractivity contribution >= 4 is 24.4 Å². The van der Waals surface area contributed by atoms with Crippen LogP contribution >= 0.6 is 12.6 Å². The maximum absolute atomic E-state index is 11.0. The first-order valence-electron chi connectivity index (χ1n) is 4.16. The molecule has 0 unspecified atom stereocenters. The highest BCUT2D eigenvalue weighted by Crippen LogP contribution is 2.12. The SMILES string of the molecule is CS.C[C@@H](C(N)=O)N1CCCC1=O. The molecule has 1 saturated heterocycles. The molecule has 0 aromatic heterocycles. The third kappa shape index (κ3) is 3.26. The average Bonchev–Trinajstić information content (AvgIpc) is 2.53. The first kappa shape index (κ1) is 12.3. The van der Waals surface area contributed by atoms with Gasteiger partial charge in [-0.15, -0.1) is 0 Å². The second-order valence-corrected chi connectivity index (χ2v) is 2.77. The van der Waals surface area contributed by atoms with Gasteiger partial charge in [-0.3, -0.25) is 9.59 Å². The summed E-state index contributed by atoms with van der Waals surface area (Å²) in [5.41, 5.74) is 5.05. The van der Waals surface area contributed by atoms with Crippen LogP contribution in [0, 0.1) is 0 Å². The van der Waals surface area contributed by atoms with Crippen LogP contribution in [0.2, 0.25) is 0 Å². The summed E-state index contributed by atoms with van der Waals surface area (Å²) >= 11 is 3.53. The molecular formula is C8H16N2O2S. The number of rotatable bonds is 2. The van der Waals surface area contributed by atoms with Crippen molar-refractivity contribution in [3.05, 3.63) is 0 Å². The number of hydrogen-bond acceptors (Lipinski definition) is 3. The summed E-state index contributed by atoms with van der Waals surface area (Å²) in [4.78, 5) is 23.2. The molecule has 0 aromatic rings. The van der Waals surface area contributed by atoms with Gasteiger partial charge in [-0.1, -0.05) is 0 Å². The Bertz CT molecular complexity index is 197. The van der Waals surface area contributed by atoms with Gasteiger partial charge >= 0.3 is 0 Å². The van der Waals surface area contributed by atoms with E-state index in [9.17, 15) is 9.59 Å². The molecule has 4 nitrogen and oxygen atoms in total. The van der Waals surface area contributed by atoms with Crippen molar-refractivity contribution in [3.8, 4) is 0 Å². The fourth-order valence-electron chi connectivity index (χ4n) is 1.23. The molecule has 1 rings (SSSR count). The van der Waals surface area contributed by atoms with Crippen molar-refractivity contribution in [3.63, 3.8) is 0 Å². The van der Waals surface area contributed by atoms with Crippen molar-refractivity contribution in [1.82, 2.24) is 4.90 Å². The van der Waals surface area contributed by atoms with Crippen LogP contribution in [0.4, 0.5) is 0 Å². The number of likely N-dealkylation sites (tertiary alicyclic amines) is 1. The number of primary amides is 1. The second kappa shape index (κ2) is 5.85. The van der Waals surface area contributed by atoms with E-state index in [2.05, 4.69) is 12.6 Å². The predicted molar refractivity (Wildman–Crippen MR) is 54.5 cm³/mol. The number of hydrogen-bond donors (Lipinski definition) is 2. The van der Waals surface area contributed by atoms with Crippen LogP contribution in [0.3, 0.4) is 0 Å². The lowest BCUT2D eigenvalue weighted by molar-refractivity contribution is -0.135. The standard InChI is InChI=1S/C7H12N2O2.CH4S/c1-5(7(8)11)9-4-2-3-6(9)10;1-2/h5H,2-4H2,1H3,(H2,8,11);2H,1H3/t5-;/m0./s1. The smallest absolute Gasteiger partial charge is 0.239 e. The molecule has 13 heavy (non-hydrogen) atoms. The highest BCUT2D eigenvalue weighted by atomic mass is 32.1. The van der Waals surface area contributed by atoms with Crippen LogP contribution in [0.5, 0.6) is 0 Å². The van der Waals surface area contributed by atoms with E-state index < -0.39 is 11.9 Å². The van der Waals surface area contributed by atoms with Crippen molar-refractivity contribution in [2.75, 3.05) is 12.8 Å². The molecule has 0 bridgehead atoms. The lowest BCUT2D eigenvalue weighted by Crippen LogP contribution is -2.43. The molecule has 0 radical (unpaired) electrons. The zero-order valence-electron chi connectivity index (χ0n) is 7.99. The third-order valence-electron chi connectivity index (χ3n) is 1.99. The molecule has 0 aromatic carbocycles. The highest BCUT2D eigenvalue weighted by Gasteiger charge is 2.27. The number of nitrogens with two attached hydrogens (primary N) is 1. The van der Waals surface area contributed by atoms with Crippen molar-refractivity contribution in [2.45, 2.75) is 25.8 Å². The summed E-state index contributed by atoms with van der Waals surface area (Å²) in [6.45, 7) is 2.33. The highest BCUT2D eigenvalue weighted by molar-refractivity contribution is 7.79. The van der Waals surface area contributed by atoms with Gasteiger partial charge in [-0.25, -0.2) is 0 Å². The van der Waals surface area contributed by atoms with Gasteiger partial charge < -0.3 is 10.6 Å². The average molecular weight is 204 g/mol. The van der Waals surface area contributed by atoms with Crippen LogP contribution in [0.15, 0.2) is 0 Å². The summed E-state index contributed by atoms with van der Waals surface area (Å²) in [5.74, 6) is -0.392. The minimum absolute atomic E-state index is 0.0382. The molecule has 5 heteroatoms. The van der Waals surface area contributed by atoms with E-state index in [0.29, 0.717) is 13.0 Å². The van der Waals surface area contributed by atoms with E-state index in [0.717, 1.165) is 6.42 Å². The quantitative estimate of drug-likeness (QED) is 0.623. The summed E-state index contributed by atoms with van der Waals surface area (Å²) in [5, 5.41) is 0. The Labute approximate surface area is 83.9 Å². The predicted octanol–water partition coefficient (Wildman–Crippen LogP) is 0.0286. The Morgan fingerprint density at radius 3 is 2.46 bits per heavy atom. The van der Waals surface area contributed by atoms with Gasteiger partial charge in [0.25, 0.3) is 0 Å². The van der Waals surface area contributed by atoms with Gasteiger partial charge in [-0.2, -0.15) is 12.6 Å². The number of thiol groups is 1. The number of nitrogens with zero attached hydrogens (tertiary/aromatic N) is 1. The Morgan fingerprint density at radius 1 is 1.62 bits per heavy atom. The lowest BCUT2D eigenvalue weighted by atomic mass is 10.3. The molecule has 1 atom stereocenters. The first-order valence-corrected chi connectivity index (χ1v) is 5.06. The topological polar surface area (TPSA) is 63.4 Å². The van der Waals surface area contributed by atoms with Crippen LogP contribution in [-0.4, -0.2) is 35.6 Å². The Morgan fingerprint density at radius 2 is 2.15 bits per heavy atom. The van der Waals surface area contributed by atoms with Gasteiger partial charge in [0.2, 0.25) is 11.8 Å². The summed E-state index contributed by atoms with van der Waals surface area (Å²) in [6.07, 6.45) is 3.09. The van der Waals surface area contributed by atoms with Crippen LogP contribution in [-0.2, 0) is 9.59 Å². The minimum atomic E-state index is -0.440. The molecule has 2 N–H and O–H groups in total. The summed E-state index contributed by atoms with van der Waals surface area (Å²) < 4.78 is 0. The fourth-order valence-corrected chi connectivity index (χ4v) is 1.23. The van der Waals surface area contributed by atoms with Gasteiger partial charge in [0.05, 0.1) is 0 Å². The fraction of sp³-hybridized carbons (Fsp3) is 0.750. The zero-order chi connectivity index (χ0) is 10.4. The van der Waals surface area contributed by atoms with E-state index in [1.807, 2.05) is 0 Å². The van der Waals surface area contributed by atoms with Crippen molar-refractivity contribution in [1.29, 1.82) is 0 Å². The molecular weight excluding hydrogens is 188 g/mol. The monoisotopic (exact) mass is 204 g/mol. The largest absolute Gasteiger partial charge is 0.368 e. The lowest BCUT2D eigenvalue weighted by Gasteiger charge is -2.20. The van der Waals surface area contributed by atoms with E-state index in [-0.39, 0.29) is 5.91 Å². The summed E-state index contributed by atoms with van der Waals surface area (Å²) in [6, 6.07) is -0.440. The molecule has 1 fully saturated rings. The number of amides is 2. The molecule has 2 amide bonds. The van der Waals surface area contributed by atoms with Crippen LogP contribution < -0.4 is 5.73 Å². The zero-order valence-corrected chi connectivity index (χ0v) is 8.88. The number of carbonyl (C=O) groups excluding carboxylic acids is 2. The first-order chi connectivity index (χ1) is 6.13. The minimum Gasteiger partial charge on any atom is -0.368 e. The van der Waals surface area contributed by atoms with E-state index in [4.69, 9.17) is 5.73 Å². The van der Waals surface area contributed by atoms with Crippen molar-refractivity contribution < 1.29 is 9.59 Å². The Kier molecular flexibility index (Phi) is 5.53.